The van der Waals surface area contributed by atoms with Crippen LogP contribution >= 0.6 is 11.5 Å². The lowest BCUT2D eigenvalue weighted by atomic mass is 9.97. The predicted molar refractivity (Wildman–Crippen MR) is 142 cm³/mol. The van der Waals surface area contributed by atoms with Crippen LogP contribution in [0.15, 0.2) is 54.7 Å². The molecule has 2 heterocycles. The highest BCUT2D eigenvalue weighted by Gasteiger charge is 2.38. The first-order chi connectivity index (χ1) is 17.5. The SMILES string of the molecule is CCC(C)(C)NC(=O)C(c1c[nH]c2ccccc12)N(C(=O)c1snc(C(N)=O)c1N)c1cccc(F)c1. The summed E-state index contributed by atoms with van der Waals surface area (Å²) in [7, 11) is 0. The number of nitrogens with one attached hydrogen (secondary N) is 2. The van der Waals surface area contributed by atoms with Gasteiger partial charge in [-0.15, -0.1) is 0 Å². The molecule has 4 rings (SSSR count). The molecule has 1 unspecified atom stereocenters. The van der Waals surface area contributed by atoms with E-state index in [1.165, 1.54) is 23.1 Å². The molecule has 9 nitrogen and oxygen atoms in total. The summed E-state index contributed by atoms with van der Waals surface area (Å²) in [6.07, 6.45) is 2.27. The van der Waals surface area contributed by atoms with Gasteiger partial charge in [-0.3, -0.25) is 19.3 Å². The Labute approximate surface area is 216 Å². The number of carbonyl (C=O) groups is 3. The number of benzene rings is 2. The number of amides is 3. The van der Waals surface area contributed by atoms with Gasteiger partial charge in [0, 0.05) is 33.9 Å². The molecule has 2 aromatic heterocycles. The molecule has 192 valence electrons. The standard InChI is InChI=1S/C26H27FN6O3S/c1-4-26(2,3)31-24(35)21(17-13-30-18-11-6-5-10-16(17)18)33(15-9-7-8-14(27)12-15)25(36)22-19(28)20(23(29)34)32-37-22/h5-13,21,30H,4,28H2,1-3H3,(H2,29,34)(H,31,35). The third kappa shape index (κ3) is 5.03. The largest absolute Gasteiger partial charge is 0.395 e. The fraction of sp³-hybridized carbons (Fsp3) is 0.231. The molecule has 0 saturated heterocycles. The summed E-state index contributed by atoms with van der Waals surface area (Å²) in [5.74, 6) is -2.70. The van der Waals surface area contributed by atoms with Crippen molar-refractivity contribution in [3.63, 3.8) is 0 Å². The zero-order chi connectivity index (χ0) is 26.9. The van der Waals surface area contributed by atoms with Crippen LogP contribution in [0.2, 0.25) is 0 Å². The minimum Gasteiger partial charge on any atom is -0.395 e. The molecule has 0 spiro atoms. The van der Waals surface area contributed by atoms with Crippen LogP contribution in [0.1, 0.15) is 59.0 Å². The monoisotopic (exact) mass is 522 g/mol. The maximum absolute atomic E-state index is 14.4. The molecule has 0 saturated carbocycles. The smallest absolute Gasteiger partial charge is 0.273 e. The van der Waals surface area contributed by atoms with E-state index >= 15 is 0 Å². The Balaban J connectivity index is 1.96. The van der Waals surface area contributed by atoms with E-state index in [-0.39, 0.29) is 21.9 Å². The third-order valence-electron chi connectivity index (χ3n) is 6.23. The third-order valence-corrected chi connectivity index (χ3v) is 7.08. The second kappa shape index (κ2) is 10.0. The van der Waals surface area contributed by atoms with Crippen molar-refractivity contribution >= 4 is 51.5 Å². The van der Waals surface area contributed by atoms with Crippen molar-refractivity contribution < 1.29 is 18.8 Å². The summed E-state index contributed by atoms with van der Waals surface area (Å²) in [6, 6.07) is 11.5. The number of para-hydroxylation sites is 1. The van der Waals surface area contributed by atoms with E-state index in [9.17, 15) is 18.8 Å². The maximum atomic E-state index is 14.4. The second-order valence-electron chi connectivity index (χ2n) is 9.21. The van der Waals surface area contributed by atoms with E-state index < -0.39 is 35.1 Å². The van der Waals surface area contributed by atoms with Crippen molar-refractivity contribution in [1.82, 2.24) is 14.7 Å². The highest BCUT2D eigenvalue weighted by Crippen LogP contribution is 2.36. The molecule has 0 aliphatic rings. The number of nitrogen functional groups attached to an aromatic ring is 1. The van der Waals surface area contributed by atoms with Crippen molar-refractivity contribution in [3.8, 4) is 0 Å². The van der Waals surface area contributed by atoms with Crippen LogP contribution in [0.5, 0.6) is 0 Å². The van der Waals surface area contributed by atoms with Crippen molar-refractivity contribution in [1.29, 1.82) is 0 Å². The van der Waals surface area contributed by atoms with Crippen LogP contribution in [0.3, 0.4) is 0 Å². The molecule has 0 fully saturated rings. The number of H-pyrrole nitrogens is 1. The first-order valence-electron chi connectivity index (χ1n) is 11.6. The number of carbonyl (C=O) groups excluding carboxylic acids is 3. The number of aromatic amines is 1. The van der Waals surface area contributed by atoms with Crippen LogP contribution in [0.4, 0.5) is 15.8 Å². The molecule has 0 bridgehead atoms. The van der Waals surface area contributed by atoms with Gasteiger partial charge in [-0.1, -0.05) is 31.2 Å². The summed E-state index contributed by atoms with van der Waals surface area (Å²) in [5.41, 5.74) is 11.8. The van der Waals surface area contributed by atoms with Gasteiger partial charge in [0.2, 0.25) is 5.91 Å². The molecule has 6 N–H and O–H groups in total. The molecule has 4 aromatic rings. The predicted octanol–water partition coefficient (Wildman–Crippen LogP) is 4.14. The fourth-order valence-electron chi connectivity index (χ4n) is 3.96. The normalized spacial score (nSPS) is 12.3. The van der Waals surface area contributed by atoms with Crippen LogP contribution in [-0.4, -0.2) is 32.6 Å². The highest BCUT2D eigenvalue weighted by molar-refractivity contribution is 7.09. The number of hydrogen-bond acceptors (Lipinski definition) is 6. The quantitative estimate of drug-likeness (QED) is 0.275. The van der Waals surface area contributed by atoms with Crippen molar-refractivity contribution in [3.05, 3.63) is 76.7 Å². The van der Waals surface area contributed by atoms with E-state index in [4.69, 9.17) is 11.5 Å². The molecule has 3 amide bonds. The first-order valence-corrected chi connectivity index (χ1v) is 12.3. The van der Waals surface area contributed by atoms with Crippen LogP contribution in [0, 0.1) is 5.82 Å². The van der Waals surface area contributed by atoms with Gasteiger partial charge in [-0.25, -0.2) is 4.39 Å². The van der Waals surface area contributed by atoms with Gasteiger partial charge < -0.3 is 21.8 Å². The van der Waals surface area contributed by atoms with Crippen molar-refractivity contribution in [2.24, 2.45) is 5.73 Å². The van der Waals surface area contributed by atoms with Crippen LogP contribution < -0.4 is 21.7 Å². The summed E-state index contributed by atoms with van der Waals surface area (Å²) in [5, 5.41) is 3.72. The second-order valence-corrected chi connectivity index (χ2v) is 9.99. The van der Waals surface area contributed by atoms with Gasteiger partial charge in [0.25, 0.3) is 11.8 Å². The van der Waals surface area contributed by atoms with Crippen LogP contribution in [0.25, 0.3) is 10.9 Å². The summed E-state index contributed by atoms with van der Waals surface area (Å²) in [4.78, 5) is 44.0. The number of nitrogens with two attached hydrogens (primary N) is 2. The Morgan fingerprint density at radius 1 is 1.19 bits per heavy atom. The molecule has 2 aromatic carbocycles. The lowest BCUT2D eigenvalue weighted by Gasteiger charge is -2.34. The van der Waals surface area contributed by atoms with Gasteiger partial charge >= 0.3 is 0 Å². The molecular weight excluding hydrogens is 495 g/mol. The molecule has 0 aliphatic heterocycles. The molecule has 0 radical (unpaired) electrons. The molecule has 37 heavy (non-hydrogen) atoms. The Bertz CT molecular complexity index is 1490. The maximum Gasteiger partial charge on any atom is 0.273 e. The lowest BCUT2D eigenvalue weighted by molar-refractivity contribution is -0.124. The van der Waals surface area contributed by atoms with E-state index in [1.54, 1.807) is 6.20 Å². The van der Waals surface area contributed by atoms with Gasteiger partial charge in [-0.05, 0) is 56.1 Å². The number of halogens is 1. The Morgan fingerprint density at radius 2 is 1.92 bits per heavy atom. The van der Waals surface area contributed by atoms with Gasteiger partial charge in [0.1, 0.15) is 16.7 Å². The molecule has 1 atom stereocenters. The minimum absolute atomic E-state index is 0.0922. The zero-order valence-electron chi connectivity index (χ0n) is 20.5. The van der Waals surface area contributed by atoms with E-state index in [2.05, 4.69) is 14.7 Å². The van der Waals surface area contributed by atoms with Gasteiger partial charge in [0.15, 0.2) is 5.69 Å². The highest BCUT2D eigenvalue weighted by atomic mass is 32.1. The summed E-state index contributed by atoms with van der Waals surface area (Å²) in [6.45, 7) is 5.66. The molecule has 0 aliphatic carbocycles. The average molecular weight is 523 g/mol. The minimum atomic E-state index is -1.23. The summed E-state index contributed by atoms with van der Waals surface area (Å²) < 4.78 is 18.4. The Hall–Kier alpha value is -4.25. The fourth-order valence-corrected chi connectivity index (χ4v) is 4.70. The first kappa shape index (κ1) is 25.8. The van der Waals surface area contributed by atoms with Crippen molar-refractivity contribution in [2.45, 2.75) is 38.8 Å². The number of aromatic nitrogens is 2. The number of rotatable bonds is 8. The van der Waals surface area contributed by atoms with E-state index in [0.717, 1.165) is 11.6 Å². The lowest BCUT2D eigenvalue weighted by Crippen LogP contribution is -2.50. The number of anilines is 2. The number of nitrogens with zero attached hydrogens (tertiary/aromatic N) is 2. The molecule has 11 heteroatoms. The Kier molecular flexibility index (Phi) is 6.99. The average Bonchev–Trinajstić information content (AvgIpc) is 3.45. The summed E-state index contributed by atoms with van der Waals surface area (Å²) >= 11 is 0.687. The zero-order valence-corrected chi connectivity index (χ0v) is 21.4. The number of hydrogen-bond donors (Lipinski definition) is 4. The Morgan fingerprint density at radius 3 is 2.57 bits per heavy atom. The van der Waals surface area contributed by atoms with E-state index in [0.29, 0.717) is 28.9 Å². The van der Waals surface area contributed by atoms with Gasteiger partial charge in [-0.2, -0.15) is 4.37 Å². The molecular formula is C26H27FN6O3S. The van der Waals surface area contributed by atoms with Crippen molar-refractivity contribution in [2.75, 3.05) is 10.6 Å². The van der Waals surface area contributed by atoms with Gasteiger partial charge in [0.05, 0.1) is 5.69 Å². The number of primary amides is 1. The van der Waals surface area contributed by atoms with Crippen LogP contribution in [-0.2, 0) is 4.79 Å². The van der Waals surface area contributed by atoms with E-state index in [1.807, 2.05) is 45.0 Å². The topological polar surface area (TPSA) is 147 Å². The number of fused-ring (bicyclic) bond motifs is 1.